The number of para-hydroxylation sites is 1. The molecule has 1 unspecified atom stereocenters. The molecule has 1 saturated heterocycles. The van der Waals surface area contributed by atoms with Gasteiger partial charge in [0, 0.05) is 24.7 Å². The summed E-state index contributed by atoms with van der Waals surface area (Å²) in [5.74, 6) is 1.41. The quantitative estimate of drug-likeness (QED) is 0.459. The normalized spacial score (nSPS) is 18.2. The maximum Gasteiger partial charge on any atom is 0.188 e. The smallest absolute Gasteiger partial charge is 0.188 e. The van der Waals surface area contributed by atoms with Crippen molar-refractivity contribution in [3.05, 3.63) is 29.8 Å². The SMILES string of the molecule is CCN(CC)CCOc1ccccc1CN=C(N)NCC1CCCN1CC. The maximum absolute atomic E-state index is 6.09. The molecule has 1 atom stereocenters. The average molecular weight is 376 g/mol. The van der Waals surface area contributed by atoms with Crippen LogP contribution in [-0.4, -0.2) is 67.7 Å². The summed E-state index contributed by atoms with van der Waals surface area (Å²) in [5, 5.41) is 3.29. The molecule has 0 spiro atoms. The van der Waals surface area contributed by atoms with E-state index in [9.17, 15) is 0 Å². The van der Waals surface area contributed by atoms with E-state index in [0.29, 0.717) is 25.2 Å². The Hall–Kier alpha value is -1.79. The fourth-order valence-electron chi connectivity index (χ4n) is 3.59. The van der Waals surface area contributed by atoms with Crippen LogP contribution in [0, 0.1) is 0 Å². The number of likely N-dealkylation sites (N-methyl/N-ethyl adjacent to an activating group) is 2. The van der Waals surface area contributed by atoms with Crippen LogP contribution in [0.25, 0.3) is 0 Å². The number of aliphatic imine (C=N–C) groups is 1. The van der Waals surface area contributed by atoms with Crippen LogP contribution in [-0.2, 0) is 6.54 Å². The predicted molar refractivity (Wildman–Crippen MR) is 113 cm³/mol. The Morgan fingerprint density at radius 1 is 1.30 bits per heavy atom. The van der Waals surface area contributed by atoms with Crippen molar-refractivity contribution in [1.82, 2.24) is 15.1 Å². The number of hydrogen-bond acceptors (Lipinski definition) is 4. The monoisotopic (exact) mass is 375 g/mol. The van der Waals surface area contributed by atoms with Crippen LogP contribution in [0.1, 0.15) is 39.2 Å². The zero-order valence-corrected chi connectivity index (χ0v) is 17.3. The van der Waals surface area contributed by atoms with E-state index >= 15 is 0 Å². The topological polar surface area (TPSA) is 66.1 Å². The van der Waals surface area contributed by atoms with Gasteiger partial charge in [-0.3, -0.25) is 4.90 Å². The van der Waals surface area contributed by atoms with Crippen LogP contribution in [0.3, 0.4) is 0 Å². The van der Waals surface area contributed by atoms with Crippen LogP contribution in [0.2, 0.25) is 0 Å². The van der Waals surface area contributed by atoms with Crippen molar-refractivity contribution in [3.63, 3.8) is 0 Å². The minimum absolute atomic E-state index is 0.510. The van der Waals surface area contributed by atoms with Gasteiger partial charge in [0.05, 0.1) is 6.54 Å². The molecule has 2 rings (SSSR count). The molecule has 0 bridgehead atoms. The van der Waals surface area contributed by atoms with E-state index in [0.717, 1.165) is 44.0 Å². The Labute approximate surface area is 164 Å². The highest BCUT2D eigenvalue weighted by Crippen LogP contribution is 2.19. The number of rotatable bonds is 11. The third kappa shape index (κ3) is 7.03. The van der Waals surface area contributed by atoms with E-state index in [4.69, 9.17) is 10.5 Å². The van der Waals surface area contributed by atoms with Crippen LogP contribution < -0.4 is 15.8 Å². The molecule has 0 saturated carbocycles. The Morgan fingerprint density at radius 2 is 2.07 bits per heavy atom. The van der Waals surface area contributed by atoms with Crippen molar-refractivity contribution < 1.29 is 4.74 Å². The second-order valence-corrected chi connectivity index (χ2v) is 6.99. The van der Waals surface area contributed by atoms with Gasteiger partial charge in [0.15, 0.2) is 5.96 Å². The molecule has 0 amide bonds. The van der Waals surface area contributed by atoms with Gasteiger partial charge in [-0.05, 0) is 45.1 Å². The summed E-state index contributed by atoms with van der Waals surface area (Å²) < 4.78 is 5.99. The fraction of sp³-hybridized carbons (Fsp3) is 0.667. The zero-order valence-electron chi connectivity index (χ0n) is 17.3. The molecule has 0 aliphatic carbocycles. The maximum atomic E-state index is 6.09. The summed E-state index contributed by atoms with van der Waals surface area (Å²) in [5.41, 5.74) is 7.15. The predicted octanol–water partition coefficient (Wildman–Crippen LogP) is 2.30. The lowest BCUT2D eigenvalue weighted by atomic mass is 10.2. The lowest BCUT2D eigenvalue weighted by Gasteiger charge is -2.23. The second-order valence-electron chi connectivity index (χ2n) is 6.99. The van der Waals surface area contributed by atoms with E-state index in [2.05, 4.69) is 46.9 Å². The molecule has 6 heteroatoms. The minimum Gasteiger partial charge on any atom is -0.492 e. The van der Waals surface area contributed by atoms with Gasteiger partial charge in [0.25, 0.3) is 0 Å². The molecular weight excluding hydrogens is 338 g/mol. The Kier molecular flexibility index (Phi) is 9.42. The minimum atomic E-state index is 0.510. The largest absolute Gasteiger partial charge is 0.492 e. The van der Waals surface area contributed by atoms with Crippen molar-refractivity contribution in [2.75, 3.05) is 45.9 Å². The second kappa shape index (κ2) is 11.8. The highest BCUT2D eigenvalue weighted by molar-refractivity contribution is 5.77. The summed E-state index contributed by atoms with van der Waals surface area (Å²) in [6, 6.07) is 8.65. The van der Waals surface area contributed by atoms with Crippen molar-refractivity contribution in [1.29, 1.82) is 0 Å². The van der Waals surface area contributed by atoms with Crippen LogP contribution in [0.4, 0.5) is 0 Å². The van der Waals surface area contributed by atoms with E-state index in [1.54, 1.807) is 0 Å². The Bertz CT molecular complexity index is 573. The Balaban J connectivity index is 1.82. The third-order valence-electron chi connectivity index (χ3n) is 5.38. The highest BCUT2D eigenvalue weighted by atomic mass is 16.5. The Morgan fingerprint density at radius 3 is 2.81 bits per heavy atom. The number of likely N-dealkylation sites (tertiary alicyclic amines) is 1. The van der Waals surface area contributed by atoms with E-state index in [1.807, 2.05) is 18.2 Å². The fourth-order valence-corrected chi connectivity index (χ4v) is 3.59. The number of hydrogen-bond donors (Lipinski definition) is 2. The molecule has 6 nitrogen and oxygen atoms in total. The highest BCUT2D eigenvalue weighted by Gasteiger charge is 2.22. The molecule has 0 radical (unpaired) electrons. The first-order valence-electron chi connectivity index (χ1n) is 10.4. The van der Waals surface area contributed by atoms with Crippen molar-refractivity contribution >= 4 is 5.96 Å². The van der Waals surface area contributed by atoms with Gasteiger partial charge < -0.3 is 20.7 Å². The van der Waals surface area contributed by atoms with E-state index < -0.39 is 0 Å². The van der Waals surface area contributed by atoms with E-state index in [-0.39, 0.29) is 0 Å². The molecule has 1 aromatic rings. The summed E-state index contributed by atoms with van der Waals surface area (Å²) in [6.07, 6.45) is 2.51. The molecule has 1 fully saturated rings. The molecule has 1 aromatic carbocycles. The van der Waals surface area contributed by atoms with Gasteiger partial charge in [0.1, 0.15) is 12.4 Å². The number of nitrogens with one attached hydrogen (secondary N) is 1. The molecular formula is C21H37N5O. The molecule has 0 aromatic heterocycles. The van der Waals surface area contributed by atoms with Crippen molar-refractivity contribution in [3.8, 4) is 5.75 Å². The van der Waals surface area contributed by atoms with Gasteiger partial charge in [0.2, 0.25) is 0 Å². The van der Waals surface area contributed by atoms with Crippen LogP contribution in [0.15, 0.2) is 29.3 Å². The van der Waals surface area contributed by atoms with Crippen LogP contribution in [0.5, 0.6) is 5.75 Å². The third-order valence-corrected chi connectivity index (χ3v) is 5.38. The first-order chi connectivity index (χ1) is 13.2. The van der Waals surface area contributed by atoms with Crippen molar-refractivity contribution in [2.24, 2.45) is 10.7 Å². The number of guanidine groups is 1. The van der Waals surface area contributed by atoms with Gasteiger partial charge in [-0.15, -0.1) is 0 Å². The standard InChI is InChI=1S/C21H37N5O/c1-4-25(5-2)14-15-27-20-12-8-7-10-18(20)16-23-21(22)24-17-19-11-9-13-26(19)6-3/h7-8,10,12,19H,4-6,9,11,13-17H2,1-3H3,(H3,22,23,24). The summed E-state index contributed by atoms with van der Waals surface area (Å²) in [4.78, 5) is 9.37. The van der Waals surface area contributed by atoms with Gasteiger partial charge >= 0.3 is 0 Å². The number of benzene rings is 1. The van der Waals surface area contributed by atoms with E-state index in [1.165, 1.54) is 19.4 Å². The zero-order chi connectivity index (χ0) is 19.5. The van der Waals surface area contributed by atoms with Crippen molar-refractivity contribution in [2.45, 2.75) is 46.2 Å². The molecule has 1 heterocycles. The number of ether oxygens (including phenoxy) is 1. The molecule has 152 valence electrons. The summed E-state index contributed by atoms with van der Waals surface area (Å²) in [7, 11) is 0. The molecule has 3 N–H and O–H groups in total. The van der Waals surface area contributed by atoms with Crippen LogP contribution >= 0.6 is 0 Å². The molecule has 27 heavy (non-hydrogen) atoms. The first kappa shape index (κ1) is 21.5. The van der Waals surface area contributed by atoms with Gasteiger partial charge in [-0.25, -0.2) is 4.99 Å². The summed E-state index contributed by atoms with van der Waals surface area (Å²) in [6.45, 7) is 14.0. The number of nitrogens with two attached hydrogens (primary N) is 1. The first-order valence-corrected chi connectivity index (χ1v) is 10.4. The molecule has 1 aliphatic heterocycles. The lowest BCUT2D eigenvalue weighted by molar-refractivity contribution is 0.221. The molecule has 1 aliphatic rings. The lowest BCUT2D eigenvalue weighted by Crippen LogP contribution is -2.42. The number of nitrogens with zero attached hydrogens (tertiary/aromatic N) is 3. The van der Waals surface area contributed by atoms with Gasteiger partial charge in [-0.2, -0.15) is 0 Å². The average Bonchev–Trinajstić information content (AvgIpc) is 3.16. The summed E-state index contributed by atoms with van der Waals surface area (Å²) >= 11 is 0. The van der Waals surface area contributed by atoms with Gasteiger partial charge in [-0.1, -0.05) is 39.0 Å².